The molecule has 1 aromatic carbocycles. The maximum atomic E-state index is 13.1. The molecule has 0 aliphatic carbocycles. The van der Waals surface area contributed by atoms with Crippen LogP contribution in [-0.2, 0) is 11.2 Å². The Morgan fingerprint density at radius 1 is 1.36 bits per heavy atom. The van der Waals surface area contributed by atoms with Crippen molar-refractivity contribution in [3.8, 4) is 11.4 Å². The van der Waals surface area contributed by atoms with Gasteiger partial charge in [0.1, 0.15) is 5.82 Å². The average Bonchev–Trinajstić information content (AvgIpc) is 2.98. The lowest BCUT2D eigenvalue weighted by atomic mass is 10.2. The number of carbonyl (C=O) groups is 1. The Bertz CT molecular complexity index is 613. The van der Waals surface area contributed by atoms with Gasteiger partial charge in [0.05, 0.1) is 0 Å². The molecule has 0 unspecified atom stereocenters. The fourth-order valence-electron chi connectivity index (χ4n) is 2.01. The highest BCUT2D eigenvalue weighted by atomic mass is 19.1. The third kappa shape index (κ3) is 4.95. The van der Waals surface area contributed by atoms with Crippen LogP contribution in [0.4, 0.5) is 4.39 Å². The lowest BCUT2D eigenvalue weighted by Crippen LogP contribution is -2.24. The van der Waals surface area contributed by atoms with E-state index in [-0.39, 0.29) is 11.7 Å². The predicted octanol–water partition coefficient (Wildman–Crippen LogP) is 3.11. The van der Waals surface area contributed by atoms with E-state index >= 15 is 0 Å². The summed E-state index contributed by atoms with van der Waals surface area (Å²) in [5.74, 6) is 0.331. The third-order valence-corrected chi connectivity index (χ3v) is 3.22. The summed E-state index contributed by atoms with van der Waals surface area (Å²) in [7, 11) is 0. The van der Waals surface area contributed by atoms with Gasteiger partial charge in [-0.1, -0.05) is 37.1 Å². The molecule has 1 heterocycles. The van der Waals surface area contributed by atoms with Crippen molar-refractivity contribution in [2.45, 2.75) is 39.0 Å². The number of hydrogen-bond donors (Lipinski definition) is 1. The minimum Gasteiger partial charge on any atom is -0.356 e. The summed E-state index contributed by atoms with van der Waals surface area (Å²) in [6.45, 7) is 2.82. The number of nitrogens with zero attached hydrogens (tertiary/aromatic N) is 2. The number of amides is 1. The maximum Gasteiger partial charge on any atom is 0.227 e. The first-order chi connectivity index (χ1) is 10.7. The van der Waals surface area contributed by atoms with Crippen LogP contribution in [0.5, 0.6) is 0 Å². The molecule has 0 aliphatic rings. The molecule has 6 heteroatoms. The number of benzene rings is 1. The number of aromatic nitrogens is 2. The van der Waals surface area contributed by atoms with Gasteiger partial charge in [-0.15, -0.1) is 0 Å². The molecule has 0 atom stereocenters. The second kappa shape index (κ2) is 8.26. The fraction of sp³-hybridized carbons (Fsp3) is 0.438. The number of rotatable bonds is 8. The van der Waals surface area contributed by atoms with E-state index in [1.54, 1.807) is 12.1 Å². The minimum absolute atomic E-state index is 0.0263. The van der Waals surface area contributed by atoms with E-state index in [0.717, 1.165) is 19.3 Å². The van der Waals surface area contributed by atoms with Crippen LogP contribution in [0.25, 0.3) is 11.4 Å². The highest BCUT2D eigenvalue weighted by Gasteiger charge is 2.11. The molecule has 1 amide bonds. The molecule has 22 heavy (non-hydrogen) atoms. The Hall–Kier alpha value is -2.24. The first-order valence-corrected chi connectivity index (χ1v) is 7.54. The van der Waals surface area contributed by atoms with Crippen molar-refractivity contribution >= 4 is 5.91 Å². The van der Waals surface area contributed by atoms with Crippen molar-refractivity contribution < 1.29 is 13.7 Å². The highest BCUT2D eigenvalue weighted by Crippen LogP contribution is 2.17. The van der Waals surface area contributed by atoms with E-state index in [1.807, 2.05) is 0 Å². The predicted molar refractivity (Wildman–Crippen MR) is 80.5 cm³/mol. The molecular weight excluding hydrogens is 285 g/mol. The van der Waals surface area contributed by atoms with Gasteiger partial charge >= 0.3 is 0 Å². The number of aryl methyl sites for hydroxylation is 1. The topological polar surface area (TPSA) is 68.0 Å². The molecule has 0 spiro atoms. The summed E-state index contributed by atoms with van der Waals surface area (Å²) in [5, 5.41) is 6.66. The van der Waals surface area contributed by atoms with Gasteiger partial charge in [-0.3, -0.25) is 4.79 Å². The monoisotopic (exact) mass is 305 g/mol. The Morgan fingerprint density at radius 2 is 2.23 bits per heavy atom. The van der Waals surface area contributed by atoms with E-state index in [0.29, 0.717) is 36.7 Å². The molecule has 0 saturated heterocycles. The van der Waals surface area contributed by atoms with Crippen molar-refractivity contribution in [1.82, 2.24) is 15.5 Å². The van der Waals surface area contributed by atoms with E-state index in [2.05, 4.69) is 22.4 Å². The Morgan fingerprint density at radius 3 is 3.00 bits per heavy atom. The van der Waals surface area contributed by atoms with Gasteiger partial charge in [-0.25, -0.2) is 4.39 Å². The normalized spacial score (nSPS) is 10.6. The molecule has 0 saturated carbocycles. The molecule has 0 radical (unpaired) electrons. The van der Waals surface area contributed by atoms with Crippen molar-refractivity contribution in [2.75, 3.05) is 6.54 Å². The average molecular weight is 305 g/mol. The molecule has 118 valence electrons. The van der Waals surface area contributed by atoms with Crippen molar-refractivity contribution in [3.63, 3.8) is 0 Å². The van der Waals surface area contributed by atoms with Gasteiger partial charge in [0.2, 0.25) is 17.6 Å². The van der Waals surface area contributed by atoms with Gasteiger partial charge in [-0.2, -0.15) is 4.98 Å². The Labute approximate surface area is 128 Å². The Balaban J connectivity index is 1.81. The van der Waals surface area contributed by atoms with Gasteiger partial charge in [0, 0.05) is 24.9 Å². The van der Waals surface area contributed by atoms with Gasteiger partial charge < -0.3 is 9.84 Å². The number of nitrogens with one attached hydrogen (secondary N) is 1. The number of unbranched alkanes of at least 4 members (excludes halogenated alkanes) is 2. The van der Waals surface area contributed by atoms with Crippen LogP contribution in [0, 0.1) is 5.82 Å². The molecule has 2 aromatic rings. The SMILES string of the molecule is CCCCCNC(=O)CCc1nc(-c2cccc(F)c2)no1. The molecular formula is C16H20FN3O2. The third-order valence-electron chi connectivity index (χ3n) is 3.22. The zero-order valence-electron chi connectivity index (χ0n) is 12.6. The molecule has 2 rings (SSSR count). The number of hydrogen-bond acceptors (Lipinski definition) is 4. The summed E-state index contributed by atoms with van der Waals surface area (Å²) in [6, 6.07) is 5.99. The maximum absolute atomic E-state index is 13.1. The van der Waals surface area contributed by atoms with E-state index in [4.69, 9.17) is 4.52 Å². The summed E-state index contributed by atoms with van der Waals surface area (Å²) >= 11 is 0. The van der Waals surface area contributed by atoms with Crippen LogP contribution in [-0.4, -0.2) is 22.6 Å². The van der Waals surface area contributed by atoms with Crippen LogP contribution in [0.3, 0.4) is 0 Å². The van der Waals surface area contributed by atoms with Gasteiger partial charge in [0.15, 0.2) is 0 Å². The minimum atomic E-state index is -0.352. The smallest absolute Gasteiger partial charge is 0.227 e. The zero-order chi connectivity index (χ0) is 15.8. The molecule has 5 nitrogen and oxygen atoms in total. The molecule has 1 N–H and O–H groups in total. The first kappa shape index (κ1) is 16.1. The summed E-state index contributed by atoms with van der Waals surface area (Å²) in [6.07, 6.45) is 3.91. The Kier molecular flexibility index (Phi) is 6.06. The summed E-state index contributed by atoms with van der Waals surface area (Å²) < 4.78 is 18.2. The lowest BCUT2D eigenvalue weighted by Gasteiger charge is -2.02. The van der Waals surface area contributed by atoms with Crippen LogP contribution in [0.1, 0.15) is 38.5 Å². The van der Waals surface area contributed by atoms with Crippen LogP contribution < -0.4 is 5.32 Å². The largest absolute Gasteiger partial charge is 0.356 e. The fourth-order valence-corrected chi connectivity index (χ4v) is 2.01. The second-order valence-corrected chi connectivity index (χ2v) is 5.08. The van der Waals surface area contributed by atoms with Crippen molar-refractivity contribution in [1.29, 1.82) is 0 Å². The van der Waals surface area contributed by atoms with Crippen LogP contribution in [0.15, 0.2) is 28.8 Å². The van der Waals surface area contributed by atoms with Crippen molar-refractivity contribution in [3.05, 3.63) is 36.0 Å². The van der Waals surface area contributed by atoms with Gasteiger partial charge in [-0.05, 0) is 18.6 Å². The second-order valence-electron chi connectivity index (χ2n) is 5.08. The molecule has 1 aromatic heterocycles. The lowest BCUT2D eigenvalue weighted by molar-refractivity contribution is -0.121. The summed E-state index contributed by atoms with van der Waals surface area (Å²) in [4.78, 5) is 15.8. The molecule has 0 aliphatic heterocycles. The van der Waals surface area contributed by atoms with Gasteiger partial charge in [0.25, 0.3) is 0 Å². The quantitative estimate of drug-likeness (QED) is 0.761. The van der Waals surface area contributed by atoms with E-state index in [9.17, 15) is 9.18 Å². The first-order valence-electron chi connectivity index (χ1n) is 7.54. The molecule has 0 bridgehead atoms. The van der Waals surface area contributed by atoms with E-state index in [1.165, 1.54) is 12.1 Å². The van der Waals surface area contributed by atoms with Crippen LogP contribution >= 0.6 is 0 Å². The molecule has 0 fully saturated rings. The van der Waals surface area contributed by atoms with E-state index < -0.39 is 0 Å². The zero-order valence-corrected chi connectivity index (χ0v) is 12.6. The number of halogens is 1. The highest BCUT2D eigenvalue weighted by molar-refractivity contribution is 5.75. The van der Waals surface area contributed by atoms with Crippen molar-refractivity contribution in [2.24, 2.45) is 0 Å². The standard InChI is InChI=1S/C16H20FN3O2/c1-2-3-4-10-18-14(21)8-9-15-19-16(20-22-15)12-6-5-7-13(17)11-12/h5-7,11H,2-4,8-10H2,1H3,(H,18,21). The van der Waals surface area contributed by atoms with Crippen LogP contribution in [0.2, 0.25) is 0 Å². The number of carbonyl (C=O) groups excluding carboxylic acids is 1. The summed E-state index contributed by atoms with van der Waals surface area (Å²) in [5.41, 5.74) is 0.555.